The molecule has 0 saturated carbocycles. The van der Waals surface area contributed by atoms with Gasteiger partial charge >= 0.3 is 6.09 Å². The summed E-state index contributed by atoms with van der Waals surface area (Å²) in [5.74, 6) is -1.03. The number of hydrogen-bond acceptors (Lipinski definition) is 9. The SMILES string of the molecule is Cc1nc(CCNC(=O)OC(C)(C)C)sc1C(=O)Nc1cccc2c(=O)n(C3CCC(=O)NC3=O)c(C)nc12. The Hall–Kier alpha value is -4.13. The molecule has 3 aromatic rings. The number of imide groups is 1. The number of benzene rings is 1. The Morgan fingerprint density at radius 2 is 1.92 bits per heavy atom. The molecule has 3 N–H and O–H groups in total. The summed E-state index contributed by atoms with van der Waals surface area (Å²) in [6, 6.07) is 4.01. The van der Waals surface area contributed by atoms with E-state index in [4.69, 9.17) is 4.74 Å². The van der Waals surface area contributed by atoms with Crippen LogP contribution in [-0.4, -0.2) is 50.5 Å². The molecule has 12 nitrogen and oxygen atoms in total. The van der Waals surface area contributed by atoms with Gasteiger partial charge in [0.1, 0.15) is 27.9 Å². The first kappa shape index (κ1) is 27.9. The molecule has 39 heavy (non-hydrogen) atoms. The number of hydrogen-bond donors (Lipinski definition) is 3. The lowest BCUT2D eigenvalue weighted by Gasteiger charge is -2.24. The van der Waals surface area contributed by atoms with Gasteiger partial charge in [-0.05, 0) is 53.2 Å². The minimum atomic E-state index is -0.839. The number of nitrogens with one attached hydrogen (secondary N) is 3. The van der Waals surface area contributed by atoms with Gasteiger partial charge in [-0.1, -0.05) is 6.07 Å². The number of nitrogens with zero attached hydrogens (tertiary/aromatic N) is 3. The maximum Gasteiger partial charge on any atom is 0.407 e. The van der Waals surface area contributed by atoms with E-state index in [1.165, 1.54) is 15.9 Å². The molecule has 206 valence electrons. The lowest BCUT2D eigenvalue weighted by atomic mass is 10.1. The second-order valence-electron chi connectivity index (χ2n) is 10.2. The fourth-order valence-electron chi connectivity index (χ4n) is 4.26. The van der Waals surface area contributed by atoms with Crippen molar-refractivity contribution in [3.63, 3.8) is 0 Å². The zero-order chi connectivity index (χ0) is 28.5. The van der Waals surface area contributed by atoms with Crippen LogP contribution >= 0.6 is 11.3 Å². The summed E-state index contributed by atoms with van der Waals surface area (Å²) >= 11 is 1.21. The maximum absolute atomic E-state index is 13.4. The Kier molecular flexibility index (Phi) is 7.82. The van der Waals surface area contributed by atoms with Crippen molar-refractivity contribution in [1.29, 1.82) is 0 Å². The van der Waals surface area contributed by atoms with E-state index >= 15 is 0 Å². The second-order valence-corrected chi connectivity index (χ2v) is 11.2. The molecule has 1 fully saturated rings. The number of alkyl carbamates (subject to hydrolysis) is 1. The van der Waals surface area contributed by atoms with E-state index in [-0.39, 0.29) is 30.0 Å². The average Bonchev–Trinajstić information content (AvgIpc) is 3.20. The van der Waals surface area contributed by atoms with Crippen LogP contribution in [0.1, 0.15) is 65.9 Å². The third kappa shape index (κ3) is 6.30. The van der Waals surface area contributed by atoms with Crippen molar-refractivity contribution in [3.8, 4) is 0 Å². The second kappa shape index (κ2) is 10.9. The number of carbonyl (C=O) groups is 4. The number of carbonyl (C=O) groups excluding carboxylic acids is 4. The molecule has 0 aliphatic carbocycles. The molecule has 1 saturated heterocycles. The van der Waals surface area contributed by atoms with Gasteiger partial charge in [-0.3, -0.25) is 29.1 Å². The Bertz CT molecular complexity index is 1540. The van der Waals surface area contributed by atoms with Crippen molar-refractivity contribution in [2.24, 2.45) is 0 Å². The number of thiazole rings is 1. The van der Waals surface area contributed by atoms with Gasteiger partial charge in [-0.15, -0.1) is 11.3 Å². The molecular weight excluding hydrogens is 524 g/mol. The number of amides is 4. The van der Waals surface area contributed by atoms with Crippen molar-refractivity contribution in [1.82, 2.24) is 25.2 Å². The zero-order valence-electron chi connectivity index (χ0n) is 22.3. The smallest absolute Gasteiger partial charge is 0.407 e. The molecule has 1 aliphatic rings. The van der Waals surface area contributed by atoms with E-state index in [1.54, 1.807) is 52.8 Å². The normalized spacial score (nSPS) is 15.7. The average molecular weight is 555 g/mol. The van der Waals surface area contributed by atoms with Gasteiger partial charge in [-0.25, -0.2) is 14.8 Å². The van der Waals surface area contributed by atoms with Crippen LogP contribution in [0.2, 0.25) is 0 Å². The van der Waals surface area contributed by atoms with Gasteiger partial charge in [0.2, 0.25) is 11.8 Å². The number of rotatable bonds is 6. The number of anilines is 1. The van der Waals surface area contributed by atoms with Gasteiger partial charge in [-0.2, -0.15) is 0 Å². The number of fused-ring (bicyclic) bond motifs is 1. The summed E-state index contributed by atoms with van der Waals surface area (Å²) in [5.41, 5.74) is 0.140. The molecule has 1 aromatic carbocycles. The van der Waals surface area contributed by atoms with Crippen molar-refractivity contribution in [2.45, 2.75) is 65.5 Å². The summed E-state index contributed by atoms with van der Waals surface area (Å²) < 4.78 is 6.51. The number of aryl methyl sites for hydroxylation is 2. The maximum atomic E-state index is 13.4. The highest BCUT2D eigenvalue weighted by Crippen LogP contribution is 2.25. The zero-order valence-corrected chi connectivity index (χ0v) is 23.2. The van der Waals surface area contributed by atoms with E-state index in [0.717, 1.165) is 0 Å². The highest BCUT2D eigenvalue weighted by Gasteiger charge is 2.31. The predicted octanol–water partition coefficient (Wildman–Crippen LogP) is 2.77. The fourth-order valence-corrected chi connectivity index (χ4v) is 5.22. The molecule has 2 aromatic heterocycles. The summed E-state index contributed by atoms with van der Waals surface area (Å²) in [4.78, 5) is 71.7. The first-order valence-corrected chi connectivity index (χ1v) is 13.3. The monoisotopic (exact) mass is 554 g/mol. The van der Waals surface area contributed by atoms with Crippen molar-refractivity contribution >= 4 is 51.7 Å². The molecule has 0 bridgehead atoms. The lowest BCUT2D eigenvalue weighted by Crippen LogP contribution is -2.45. The molecule has 0 spiro atoms. The first-order valence-electron chi connectivity index (χ1n) is 12.4. The minimum absolute atomic E-state index is 0.129. The van der Waals surface area contributed by atoms with Crippen LogP contribution in [0.5, 0.6) is 0 Å². The Balaban J connectivity index is 1.52. The van der Waals surface area contributed by atoms with Crippen molar-refractivity contribution in [3.05, 3.63) is 50.0 Å². The predicted molar refractivity (Wildman–Crippen MR) is 145 cm³/mol. The minimum Gasteiger partial charge on any atom is -0.444 e. The molecule has 1 atom stereocenters. The van der Waals surface area contributed by atoms with E-state index in [9.17, 15) is 24.0 Å². The Labute approximate surface area is 228 Å². The third-order valence-electron chi connectivity index (χ3n) is 5.93. The summed E-state index contributed by atoms with van der Waals surface area (Å²) in [7, 11) is 0. The molecule has 13 heteroatoms. The highest BCUT2D eigenvalue weighted by molar-refractivity contribution is 7.13. The number of para-hydroxylation sites is 1. The standard InChI is InChI=1S/C26H30N6O6S/c1-13-21(39-19(28-13)11-12-27-25(37)38-26(3,4)5)23(35)30-16-8-6-7-15-20(16)29-14(2)32(24(15)36)17-9-10-18(33)31-22(17)34/h6-8,17H,9-12H2,1-5H3,(H,27,37)(H,30,35)(H,31,33,34). The summed E-state index contributed by atoms with van der Waals surface area (Å²) in [6.45, 7) is 8.97. The van der Waals surface area contributed by atoms with Crippen LogP contribution in [0.3, 0.4) is 0 Å². The molecule has 3 heterocycles. The number of piperidine rings is 1. The van der Waals surface area contributed by atoms with Crippen LogP contribution in [0.25, 0.3) is 10.9 Å². The Morgan fingerprint density at radius 3 is 2.62 bits per heavy atom. The van der Waals surface area contributed by atoms with Gasteiger partial charge in [0.15, 0.2) is 0 Å². The molecule has 1 unspecified atom stereocenters. The molecule has 4 amide bonds. The van der Waals surface area contributed by atoms with E-state index in [2.05, 4.69) is 25.9 Å². The molecule has 4 rings (SSSR count). The highest BCUT2D eigenvalue weighted by atomic mass is 32.1. The number of aromatic nitrogens is 3. The van der Waals surface area contributed by atoms with Gasteiger partial charge < -0.3 is 15.4 Å². The third-order valence-corrected chi connectivity index (χ3v) is 7.15. The summed E-state index contributed by atoms with van der Waals surface area (Å²) in [5, 5.41) is 8.68. The summed E-state index contributed by atoms with van der Waals surface area (Å²) in [6.07, 6.45) is 0.232. The largest absolute Gasteiger partial charge is 0.444 e. The fraction of sp³-hybridized carbons (Fsp3) is 0.423. The molecule has 0 radical (unpaired) electrons. The van der Waals surface area contributed by atoms with Gasteiger partial charge in [0.05, 0.1) is 21.8 Å². The topological polar surface area (TPSA) is 161 Å². The van der Waals surface area contributed by atoms with Crippen LogP contribution in [0.15, 0.2) is 23.0 Å². The lowest BCUT2D eigenvalue weighted by molar-refractivity contribution is -0.135. The van der Waals surface area contributed by atoms with Gasteiger partial charge in [0, 0.05) is 19.4 Å². The van der Waals surface area contributed by atoms with Crippen molar-refractivity contribution < 1.29 is 23.9 Å². The van der Waals surface area contributed by atoms with Crippen LogP contribution in [0.4, 0.5) is 10.5 Å². The van der Waals surface area contributed by atoms with Crippen LogP contribution < -0.4 is 21.5 Å². The van der Waals surface area contributed by atoms with E-state index in [0.29, 0.717) is 39.7 Å². The van der Waals surface area contributed by atoms with E-state index < -0.39 is 35.1 Å². The Morgan fingerprint density at radius 1 is 1.18 bits per heavy atom. The molecular formula is C26H30N6O6S. The quantitative estimate of drug-likeness (QED) is 0.392. The van der Waals surface area contributed by atoms with Gasteiger partial charge in [0.25, 0.3) is 11.5 Å². The van der Waals surface area contributed by atoms with Crippen molar-refractivity contribution in [2.75, 3.05) is 11.9 Å². The molecule has 1 aliphatic heterocycles. The number of ether oxygens (including phenoxy) is 1. The first-order chi connectivity index (χ1) is 18.3. The van der Waals surface area contributed by atoms with Crippen LogP contribution in [0, 0.1) is 13.8 Å². The van der Waals surface area contributed by atoms with E-state index in [1.807, 2.05) is 0 Å². The van der Waals surface area contributed by atoms with Crippen LogP contribution in [-0.2, 0) is 20.7 Å².